The minimum atomic E-state index is -0.302. The van der Waals surface area contributed by atoms with Crippen LogP contribution in [0.1, 0.15) is 41.8 Å². The standard InChI is InChI=1S/C23H21Cl2N5O2/c1-13-20(25)23(31)30-12-18(15-7-8-32-19(9-15)16-10-26-29(2)11-16)28-21(22(30)27-13)14-3-5-17(24)6-4-14/h3-6,10-12,15,19H,7-9H2,1-2H3/t15-,19-/m1/s1. The van der Waals surface area contributed by atoms with E-state index in [0.717, 1.165) is 29.7 Å². The molecule has 1 aromatic carbocycles. The molecule has 9 heteroatoms. The Morgan fingerprint density at radius 3 is 2.62 bits per heavy atom. The maximum atomic E-state index is 13.0. The van der Waals surface area contributed by atoms with Gasteiger partial charge in [-0.25, -0.2) is 9.97 Å². The lowest BCUT2D eigenvalue weighted by molar-refractivity contribution is 0.00456. The smallest absolute Gasteiger partial charge is 0.277 e. The van der Waals surface area contributed by atoms with Gasteiger partial charge in [0.1, 0.15) is 10.7 Å². The van der Waals surface area contributed by atoms with Crippen LogP contribution in [0.2, 0.25) is 10.0 Å². The van der Waals surface area contributed by atoms with Gasteiger partial charge in [-0.2, -0.15) is 5.10 Å². The summed E-state index contributed by atoms with van der Waals surface area (Å²) in [6, 6.07) is 7.37. The van der Waals surface area contributed by atoms with Gasteiger partial charge < -0.3 is 4.74 Å². The lowest BCUT2D eigenvalue weighted by atomic mass is 9.90. The van der Waals surface area contributed by atoms with Crippen LogP contribution in [0.3, 0.4) is 0 Å². The lowest BCUT2D eigenvalue weighted by Gasteiger charge is -2.29. The first-order valence-electron chi connectivity index (χ1n) is 10.4. The van der Waals surface area contributed by atoms with Gasteiger partial charge in [0.2, 0.25) is 0 Å². The molecule has 5 rings (SSSR count). The predicted octanol–water partition coefficient (Wildman–Crippen LogP) is 4.74. The van der Waals surface area contributed by atoms with E-state index in [0.29, 0.717) is 28.7 Å². The topological polar surface area (TPSA) is 74.3 Å². The second kappa shape index (κ2) is 8.31. The van der Waals surface area contributed by atoms with Crippen molar-refractivity contribution < 1.29 is 4.74 Å². The molecule has 164 valence electrons. The highest BCUT2D eigenvalue weighted by atomic mass is 35.5. The van der Waals surface area contributed by atoms with Crippen molar-refractivity contribution in [3.63, 3.8) is 0 Å². The number of hydrogen-bond acceptors (Lipinski definition) is 5. The quantitative estimate of drug-likeness (QED) is 0.433. The number of aryl methyl sites for hydroxylation is 2. The Kier molecular flexibility index (Phi) is 5.49. The fourth-order valence-corrected chi connectivity index (χ4v) is 4.41. The molecule has 4 aromatic rings. The SMILES string of the molecule is Cc1nc2c(-c3ccc(Cl)cc3)nc([C@@H]3CCO[C@@H](c4cnn(C)c4)C3)cn2c(=O)c1Cl. The molecule has 2 atom stereocenters. The summed E-state index contributed by atoms with van der Waals surface area (Å²) in [5.41, 5.74) is 3.95. The van der Waals surface area contributed by atoms with Crippen molar-refractivity contribution >= 4 is 28.8 Å². The first-order chi connectivity index (χ1) is 15.4. The van der Waals surface area contributed by atoms with E-state index >= 15 is 0 Å². The Morgan fingerprint density at radius 1 is 1.12 bits per heavy atom. The van der Waals surface area contributed by atoms with Crippen molar-refractivity contribution in [3.05, 3.63) is 80.2 Å². The van der Waals surface area contributed by atoms with E-state index in [2.05, 4.69) is 10.1 Å². The van der Waals surface area contributed by atoms with E-state index < -0.39 is 0 Å². The third-order valence-corrected chi connectivity index (χ3v) is 6.54. The molecular formula is C23H21Cl2N5O2. The van der Waals surface area contributed by atoms with E-state index in [9.17, 15) is 4.79 Å². The summed E-state index contributed by atoms with van der Waals surface area (Å²) in [5.74, 6) is 0.108. The molecule has 32 heavy (non-hydrogen) atoms. The van der Waals surface area contributed by atoms with Crippen molar-refractivity contribution in [3.8, 4) is 11.3 Å². The first-order valence-corrected chi connectivity index (χ1v) is 11.1. The van der Waals surface area contributed by atoms with Crippen LogP contribution in [0.4, 0.5) is 0 Å². The molecule has 7 nitrogen and oxygen atoms in total. The Bertz CT molecular complexity index is 1360. The molecule has 1 saturated heterocycles. The molecule has 1 fully saturated rings. The molecule has 1 aliphatic heterocycles. The normalized spacial score (nSPS) is 18.9. The van der Waals surface area contributed by atoms with Crippen LogP contribution in [0.25, 0.3) is 16.9 Å². The van der Waals surface area contributed by atoms with Crippen molar-refractivity contribution in [1.82, 2.24) is 24.1 Å². The minimum absolute atomic E-state index is 0.0737. The lowest BCUT2D eigenvalue weighted by Crippen LogP contribution is -2.23. The average Bonchev–Trinajstić information content (AvgIpc) is 3.24. The van der Waals surface area contributed by atoms with Gasteiger partial charge in [0.05, 0.1) is 23.7 Å². The summed E-state index contributed by atoms with van der Waals surface area (Å²) in [6.45, 7) is 2.32. The molecule has 0 spiro atoms. The number of benzene rings is 1. The Hall–Kier alpha value is -2.74. The van der Waals surface area contributed by atoms with E-state index in [-0.39, 0.29) is 22.6 Å². The van der Waals surface area contributed by atoms with Gasteiger partial charge in [-0.3, -0.25) is 13.9 Å². The van der Waals surface area contributed by atoms with Crippen molar-refractivity contribution in [2.24, 2.45) is 7.05 Å². The summed E-state index contributed by atoms with van der Waals surface area (Å²) >= 11 is 12.3. The van der Waals surface area contributed by atoms with E-state index in [4.69, 9.17) is 32.9 Å². The van der Waals surface area contributed by atoms with Gasteiger partial charge in [-0.05, 0) is 31.9 Å². The van der Waals surface area contributed by atoms with Gasteiger partial charge in [-0.15, -0.1) is 0 Å². The predicted molar refractivity (Wildman–Crippen MR) is 123 cm³/mol. The number of fused-ring (bicyclic) bond motifs is 1. The maximum absolute atomic E-state index is 13.0. The summed E-state index contributed by atoms with van der Waals surface area (Å²) in [7, 11) is 1.89. The molecular weight excluding hydrogens is 449 g/mol. The Morgan fingerprint density at radius 2 is 1.91 bits per heavy atom. The zero-order chi connectivity index (χ0) is 22.4. The van der Waals surface area contributed by atoms with E-state index in [1.165, 1.54) is 4.40 Å². The Labute approximate surface area is 194 Å². The van der Waals surface area contributed by atoms with E-state index in [1.54, 1.807) is 29.9 Å². The van der Waals surface area contributed by atoms with E-state index in [1.807, 2.05) is 31.6 Å². The third kappa shape index (κ3) is 3.81. The fourth-order valence-electron chi connectivity index (χ4n) is 4.15. The van der Waals surface area contributed by atoms with Crippen LogP contribution in [0, 0.1) is 6.92 Å². The number of rotatable bonds is 3. The molecule has 0 unspecified atom stereocenters. The van der Waals surface area contributed by atoms with Crippen LogP contribution < -0.4 is 5.56 Å². The molecule has 4 heterocycles. The monoisotopic (exact) mass is 469 g/mol. The van der Waals surface area contributed by atoms with Crippen molar-refractivity contribution in [2.45, 2.75) is 31.8 Å². The number of ether oxygens (including phenoxy) is 1. The zero-order valence-electron chi connectivity index (χ0n) is 17.6. The maximum Gasteiger partial charge on any atom is 0.277 e. The molecule has 1 aliphatic rings. The molecule has 3 aromatic heterocycles. The second-order valence-electron chi connectivity index (χ2n) is 8.06. The fraction of sp³-hybridized carbons (Fsp3) is 0.304. The highest BCUT2D eigenvalue weighted by Crippen LogP contribution is 2.37. The summed E-state index contributed by atoms with van der Waals surface area (Å²) in [6.07, 6.45) is 7.04. The van der Waals surface area contributed by atoms with Crippen molar-refractivity contribution in [2.75, 3.05) is 6.61 Å². The largest absolute Gasteiger partial charge is 0.373 e. The number of hydrogen-bond donors (Lipinski definition) is 0. The van der Waals surface area contributed by atoms with Crippen LogP contribution in [0.5, 0.6) is 0 Å². The van der Waals surface area contributed by atoms with Crippen LogP contribution in [0.15, 0.2) is 47.7 Å². The highest BCUT2D eigenvalue weighted by molar-refractivity contribution is 6.31. The van der Waals surface area contributed by atoms with Crippen LogP contribution in [-0.4, -0.2) is 30.8 Å². The van der Waals surface area contributed by atoms with Gasteiger partial charge >= 0.3 is 0 Å². The average molecular weight is 470 g/mol. The molecule has 0 saturated carbocycles. The first kappa shape index (κ1) is 21.1. The minimum Gasteiger partial charge on any atom is -0.373 e. The summed E-state index contributed by atoms with van der Waals surface area (Å²) in [4.78, 5) is 22.6. The number of nitrogens with zero attached hydrogens (tertiary/aromatic N) is 5. The van der Waals surface area contributed by atoms with Gasteiger partial charge in [0, 0.05) is 48.1 Å². The number of halogens is 2. The van der Waals surface area contributed by atoms with Crippen LogP contribution >= 0.6 is 23.2 Å². The summed E-state index contributed by atoms with van der Waals surface area (Å²) in [5, 5.41) is 5.00. The molecule has 0 N–H and O–H groups in total. The molecule has 0 bridgehead atoms. The van der Waals surface area contributed by atoms with Crippen LogP contribution in [-0.2, 0) is 11.8 Å². The van der Waals surface area contributed by atoms with Gasteiger partial charge in [0.25, 0.3) is 5.56 Å². The zero-order valence-corrected chi connectivity index (χ0v) is 19.1. The van der Waals surface area contributed by atoms with Gasteiger partial charge in [0.15, 0.2) is 5.65 Å². The highest BCUT2D eigenvalue weighted by Gasteiger charge is 2.28. The summed E-state index contributed by atoms with van der Waals surface area (Å²) < 4.78 is 9.28. The second-order valence-corrected chi connectivity index (χ2v) is 8.87. The molecule has 0 aliphatic carbocycles. The van der Waals surface area contributed by atoms with Crippen molar-refractivity contribution in [1.29, 1.82) is 0 Å². The Balaban J connectivity index is 1.64. The molecule has 0 amide bonds. The molecule has 0 radical (unpaired) electrons. The number of aromatic nitrogens is 5. The van der Waals surface area contributed by atoms with Gasteiger partial charge in [-0.1, -0.05) is 35.3 Å². The third-order valence-electron chi connectivity index (χ3n) is 5.86.